The number of piperazine rings is 1. The van der Waals surface area contributed by atoms with Crippen LogP contribution in [0.3, 0.4) is 0 Å². The molecule has 1 aliphatic rings. The molecular formula is C19H28N4O3. The van der Waals surface area contributed by atoms with Gasteiger partial charge < -0.3 is 15.5 Å². The lowest BCUT2D eigenvalue weighted by molar-refractivity contribution is -0.134. The molecule has 1 aliphatic heterocycles. The van der Waals surface area contributed by atoms with Gasteiger partial charge in [0.05, 0.1) is 19.0 Å². The predicted molar refractivity (Wildman–Crippen MR) is 99.3 cm³/mol. The minimum Gasteiger partial charge on any atom is -0.355 e. The fourth-order valence-corrected chi connectivity index (χ4v) is 3.10. The summed E-state index contributed by atoms with van der Waals surface area (Å²) in [7, 11) is 0. The molecule has 1 saturated heterocycles. The number of hydrogen-bond donors (Lipinski definition) is 2. The van der Waals surface area contributed by atoms with E-state index >= 15 is 0 Å². The fraction of sp³-hybridized carbons (Fsp3) is 0.526. The molecule has 1 aromatic rings. The van der Waals surface area contributed by atoms with Gasteiger partial charge in [-0.3, -0.25) is 19.3 Å². The van der Waals surface area contributed by atoms with Crippen molar-refractivity contribution in [2.24, 2.45) is 0 Å². The third-order valence-electron chi connectivity index (χ3n) is 4.42. The molecule has 1 fully saturated rings. The first kappa shape index (κ1) is 19.9. The van der Waals surface area contributed by atoms with Crippen LogP contribution in [-0.4, -0.2) is 66.8 Å². The zero-order valence-corrected chi connectivity index (χ0v) is 15.5. The van der Waals surface area contributed by atoms with Crippen LogP contribution < -0.4 is 10.6 Å². The number of carbonyl (C=O) groups is 3. The molecule has 0 aliphatic carbocycles. The zero-order valence-electron chi connectivity index (χ0n) is 15.5. The van der Waals surface area contributed by atoms with Gasteiger partial charge in [0.25, 0.3) is 0 Å². The monoisotopic (exact) mass is 360 g/mol. The lowest BCUT2D eigenvalue weighted by Crippen LogP contribution is -2.51. The molecule has 1 heterocycles. The van der Waals surface area contributed by atoms with Gasteiger partial charge in [-0.25, -0.2) is 0 Å². The number of amides is 3. The van der Waals surface area contributed by atoms with Crippen LogP contribution in [0.2, 0.25) is 0 Å². The van der Waals surface area contributed by atoms with Crippen LogP contribution >= 0.6 is 0 Å². The van der Waals surface area contributed by atoms with Crippen molar-refractivity contribution < 1.29 is 14.4 Å². The van der Waals surface area contributed by atoms with E-state index in [1.54, 1.807) is 0 Å². The van der Waals surface area contributed by atoms with Crippen molar-refractivity contribution in [3.8, 4) is 0 Å². The second-order valence-electron chi connectivity index (χ2n) is 6.48. The molecule has 7 nitrogen and oxygen atoms in total. The van der Waals surface area contributed by atoms with Crippen molar-refractivity contribution in [3.63, 3.8) is 0 Å². The molecule has 26 heavy (non-hydrogen) atoms. The number of nitrogens with zero attached hydrogens (tertiary/aromatic N) is 2. The van der Waals surface area contributed by atoms with Gasteiger partial charge >= 0.3 is 0 Å². The van der Waals surface area contributed by atoms with Gasteiger partial charge in [0, 0.05) is 39.6 Å². The average molecular weight is 360 g/mol. The van der Waals surface area contributed by atoms with Gasteiger partial charge in [-0.15, -0.1) is 0 Å². The van der Waals surface area contributed by atoms with Crippen molar-refractivity contribution in [1.82, 2.24) is 20.4 Å². The Labute approximate surface area is 154 Å². The van der Waals surface area contributed by atoms with Gasteiger partial charge in [-0.2, -0.15) is 0 Å². The maximum absolute atomic E-state index is 12.7. The van der Waals surface area contributed by atoms with Crippen molar-refractivity contribution >= 4 is 17.7 Å². The fourth-order valence-electron chi connectivity index (χ4n) is 3.10. The van der Waals surface area contributed by atoms with E-state index in [0.29, 0.717) is 39.3 Å². The molecule has 1 unspecified atom stereocenters. The van der Waals surface area contributed by atoms with E-state index in [-0.39, 0.29) is 30.2 Å². The van der Waals surface area contributed by atoms with Crippen LogP contribution in [0, 0.1) is 0 Å². The molecule has 2 N–H and O–H groups in total. The number of nitrogens with one attached hydrogen (secondary N) is 2. The topological polar surface area (TPSA) is 81.8 Å². The van der Waals surface area contributed by atoms with E-state index in [4.69, 9.17) is 0 Å². The Morgan fingerprint density at radius 1 is 1.08 bits per heavy atom. The molecule has 0 spiro atoms. The normalized spacial score (nSPS) is 16.0. The molecule has 142 valence electrons. The summed E-state index contributed by atoms with van der Waals surface area (Å²) < 4.78 is 0. The Morgan fingerprint density at radius 2 is 1.73 bits per heavy atom. The highest BCUT2D eigenvalue weighted by atomic mass is 16.2. The van der Waals surface area contributed by atoms with Crippen molar-refractivity contribution in [2.45, 2.75) is 26.3 Å². The Kier molecular flexibility index (Phi) is 7.59. The lowest BCUT2D eigenvalue weighted by atomic mass is 10.0. The van der Waals surface area contributed by atoms with E-state index in [1.807, 2.05) is 42.2 Å². The Bertz CT molecular complexity index is 612. The maximum atomic E-state index is 12.7. The first-order valence-electron chi connectivity index (χ1n) is 9.08. The highest BCUT2D eigenvalue weighted by molar-refractivity contribution is 5.80. The number of rotatable bonds is 7. The standard InChI is InChI=1S/C19H28N4O3/c1-3-20-18(25)14-22-9-11-23(12-10-22)19(26)13-17(21-15(2)24)16-7-5-4-6-8-16/h4-8,17H,3,9-14H2,1-2H3,(H,20,25)(H,21,24). The summed E-state index contributed by atoms with van der Waals surface area (Å²) in [5, 5.41) is 5.65. The third kappa shape index (κ3) is 6.15. The van der Waals surface area contributed by atoms with Crippen LogP contribution in [0.25, 0.3) is 0 Å². The van der Waals surface area contributed by atoms with Gasteiger partial charge in [0.2, 0.25) is 17.7 Å². The third-order valence-corrected chi connectivity index (χ3v) is 4.42. The number of likely N-dealkylation sites (N-methyl/N-ethyl adjacent to an activating group) is 1. The molecule has 0 radical (unpaired) electrons. The molecule has 0 aromatic heterocycles. The second kappa shape index (κ2) is 9.91. The summed E-state index contributed by atoms with van der Waals surface area (Å²) in [6.07, 6.45) is 0.236. The summed E-state index contributed by atoms with van der Waals surface area (Å²) in [6.45, 7) is 6.90. The van der Waals surface area contributed by atoms with Gasteiger partial charge in [0.15, 0.2) is 0 Å². The quantitative estimate of drug-likeness (QED) is 0.743. The highest BCUT2D eigenvalue weighted by Crippen LogP contribution is 2.18. The molecule has 7 heteroatoms. The van der Waals surface area contributed by atoms with E-state index in [1.165, 1.54) is 6.92 Å². The smallest absolute Gasteiger partial charge is 0.234 e. The van der Waals surface area contributed by atoms with Gasteiger partial charge in [-0.1, -0.05) is 30.3 Å². The number of carbonyl (C=O) groups excluding carboxylic acids is 3. The van der Waals surface area contributed by atoms with Crippen molar-refractivity contribution in [3.05, 3.63) is 35.9 Å². The zero-order chi connectivity index (χ0) is 18.9. The SMILES string of the molecule is CCNC(=O)CN1CCN(C(=O)CC(NC(C)=O)c2ccccc2)CC1. The van der Waals surface area contributed by atoms with Crippen molar-refractivity contribution in [1.29, 1.82) is 0 Å². The molecule has 1 aromatic carbocycles. The van der Waals surface area contributed by atoms with Crippen LogP contribution in [0.15, 0.2) is 30.3 Å². The van der Waals surface area contributed by atoms with Crippen LogP contribution in [0.4, 0.5) is 0 Å². The summed E-state index contributed by atoms with van der Waals surface area (Å²) in [5.41, 5.74) is 0.922. The Hall–Kier alpha value is -2.41. The predicted octanol–water partition coefficient (Wildman–Crippen LogP) is 0.534. The highest BCUT2D eigenvalue weighted by Gasteiger charge is 2.25. The molecule has 0 saturated carbocycles. The lowest BCUT2D eigenvalue weighted by Gasteiger charge is -2.35. The van der Waals surface area contributed by atoms with Gasteiger partial charge in [0.1, 0.15) is 0 Å². The molecular weight excluding hydrogens is 332 g/mol. The maximum Gasteiger partial charge on any atom is 0.234 e. The first-order chi connectivity index (χ1) is 12.5. The van der Waals surface area contributed by atoms with Crippen LogP contribution in [0.1, 0.15) is 31.9 Å². The van der Waals surface area contributed by atoms with Crippen molar-refractivity contribution in [2.75, 3.05) is 39.3 Å². The molecule has 1 atom stereocenters. The molecule has 0 bridgehead atoms. The number of benzene rings is 1. The summed E-state index contributed by atoms with van der Waals surface area (Å²) >= 11 is 0. The second-order valence-corrected chi connectivity index (χ2v) is 6.48. The minimum atomic E-state index is -0.324. The van der Waals surface area contributed by atoms with E-state index in [9.17, 15) is 14.4 Å². The summed E-state index contributed by atoms with van der Waals surface area (Å²) in [6, 6.07) is 9.21. The summed E-state index contributed by atoms with van der Waals surface area (Å²) in [5.74, 6) is -0.120. The molecule has 2 rings (SSSR count). The summed E-state index contributed by atoms with van der Waals surface area (Å²) in [4.78, 5) is 39.7. The largest absolute Gasteiger partial charge is 0.355 e. The average Bonchev–Trinajstić information content (AvgIpc) is 2.62. The van der Waals surface area contributed by atoms with Gasteiger partial charge in [-0.05, 0) is 12.5 Å². The van der Waals surface area contributed by atoms with E-state index in [2.05, 4.69) is 15.5 Å². The number of hydrogen-bond acceptors (Lipinski definition) is 4. The molecule has 3 amide bonds. The Balaban J connectivity index is 1.88. The minimum absolute atomic E-state index is 0.0158. The first-order valence-corrected chi connectivity index (χ1v) is 9.08. The van der Waals surface area contributed by atoms with E-state index < -0.39 is 0 Å². The van der Waals surface area contributed by atoms with E-state index in [0.717, 1.165) is 5.56 Å². The Morgan fingerprint density at radius 3 is 2.31 bits per heavy atom. The van der Waals surface area contributed by atoms with Crippen LogP contribution in [-0.2, 0) is 14.4 Å². The van der Waals surface area contributed by atoms with Crippen LogP contribution in [0.5, 0.6) is 0 Å².